The molecule has 6 N–H and O–H groups in total. The van der Waals surface area contributed by atoms with Crippen LogP contribution in [0.2, 0.25) is 0 Å². The van der Waals surface area contributed by atoms with Gasteiger partial charge in [-0.15, -0.1) is 21.8 Å². The van der Waals surface area contributed by atoms with Gasteiger partial charge in [-0.05, 0) is 49.1 Å². The Labute approximate surface area is 256 Å². The molecule has 0 unspecified atom stereocenters. The molecule has 1 heterocycles. The number of carbonyl (C=O) groups excluding carboxylic acids is 1. The highest BCUT2D eigenvalue weighted by molar-refractivity contribution is 7.91. The number of halogens is 1. The summed E-state index contributed by atoms with van der Waals surface area (Å²) in [6.07, 6.45) is 10.2. The Kier molecular flexibility index (Phi) is 15.0. The number of amides is 1. The third-order valence-corrected chi connectivity index (χ3v) is 9.51. The number of rotatable bonds is 14. The zero-order chi connectivity index (χ0) is 31.3. The number of nitrogens with one attached hydrogen (secondary N) is 1. The first-order valence-corrected chi connectivity index (χ1v) is 16.7. The monoisotopic (exact) mass is 644 g/mol. The Morgan fingerprint density at radius 1 is 1.19 bits per heavy atom. The lowest BCUT2D eigenvalue weighted by atomic mass is 9.84. The number of anilines is 1. The fourth-order valence-electron chi connectivity index (χ4n) is 4.79. The molecule has 1 aromatic carbocycles. The first-order chi connectivity index (χ1) is 19.8. The highest BCUT2D eigenvalue weighted by Gasteiger charge is 2.41. The number of hydrogen-bond donors (Lipinski definition) is 5. The topological polar surface area (TPSA) is 193 Å². The number of nitrogens with zero attached hydrogens (tertiary/aromatic N) is 2. The lowest BCUT2D eigenvalue weighted by molar-refractivity contribution is -0.137. The Hall–Kier alpha value is -2.42. The number of sulfonamides is 1. The van der Waals surface area contributed by atoms with Crippen LogP contribution in [-0.2, 0) is 19.6 Å². The number of benzene rings is 1. The van der Waals surface area contributed by atoms with Gasteiger partial charge in [0, 0.05) is 24.6 Å². The smallest absolute Gasteiger partial charge is 0.303 e. The van der Waals surface area contributed by atoms with Crippen molar-refractivity contribution in [3.8, 4) is 0 Å². The minimum atomic E-state index is -3.82. The van der Waals surface area contributed by atoms with Gasteiger partial charge in [0.2, 0.25) is 15.4 Å². The maximum absolute atomic E-state index is 10.7. The Morgan fingerprint density at radius 2 is 1.88 bits per heavy atom. The second kappa shape index (κ2) is 17.6. The van der Waals surface area contributed by atoms with Gasteiger partial charge in [0.05, 0.1) is 12.2 Å². The number of aliphatic carboxylic acids is 1. The normalized spacial score (nSPS) is 21.1. The zero-order valence-corrected chi connectivity index (χ0v) is 26.2. The van der Waals surface area contributed by atoms with Crippen LogP contribution in [0.1, 0.15) is 94.8 Å². The molecule has 2 aromatic rings. The van der Waals surface area contributed by atoms with E-state index in [1.54, 1.807) is 0 Å². The van der Waals surface area contributed by atoms with Gasteiger partial charge in [0.15, 0.2) is 0 Å². The largest absolute Gasteiger partial charge is 0.481 e. The molecular formula is C28H41ClN4O7S2. The van der Waals surface area contributed by atoms with Crippen LogP contribution in [0.5, 0.6) is 0 Å². The van der Waals surface area contributed by atoms with Gasteiger partial charge < -0.3 is 20.6 Å². The van der Waals surface area contributed by atoms with Crippen molar-refractivity contribution in [2.75, 3.05) is 5.32 Å². The van der Waals surface area contributed by atoms with Gasteiger partial charge >= 0.3 is 5.97 Å². The molecular weight excluding hydrogens is 604 g/mol. The number of carbonyl (C=O) groups is 2. The molecule has 0 bridgehead atoms. The molecule has 234 valence electrons. The van der Waals surface area contributed by atoms with E-state index in [4.69, 9.17) is 21.8 Å². The number of nitrogens with two attached hydrogens (primary N) is 1. The highest BCUT2D eigenvalue weighted by Crippen LogP contribution is 2.45. The molecule has 0 aliphatic heterocycles. The van der Waals surface area contributed by atoms with E-state index < -0.39 is 28.2 Å². The number of aliphatic hydroxyl groups excluding tert-OH is 2. The van der Waals surface area contributed by atoms with Crippen molar-refractivity contribution in [1.82, 2.24) is 10.2 Å². The number of aromatic nitrogens is 2. The molecule has 0 saturated heterocycles. The molecule has 1 aliphatic rings. The molecule has 3 rings (SSSR count). The summed E-state index contributed by atoms with van der Waals surface area (Å²) in [7, 11) is -3.82. The molecule has 14 heteroatoms. The number of primary sulfonamides is 1. The van der Waals surface area contributed by atoms with E-state index in [1.807, 2.05) is 30.3 Å². The number of alkyl halides is 1. The maximum atomic E-state index is 10.7. The summed E-state index contributed by atoms with van der Waals surface area (Å²) in [6, 6.07) is 7.98. The summed E-state index contributed by atoms with van der Waals surface area (Å²) >= 11 is 7.24. The second-order valence-corrected chi connectivity index (χ2v) is 13.6. The van der Waals surface area contributed by atoms with Crippen molar-refractivity contribution < 1.29 is 33.3 Å². The lowest BCUT2D eigenvalue weighted by Gasteiger charge is -2.23. The quantitative estimate of drug-likeness (QED) is 0.0837. The molecule has 1 aromatic heterocycles. The summed E-state index contributed by atoms with van der Waals surface area (Å²) < 4.78 is 21.1. The van der Waals surface area contributed by atoms with E-state index in [0.29, 0.717) is 24.2 Å². The maximum Gasteiger partial charge on any atom is 0.303 e. The molecule has 1 aliphatic carbocycles. The van der Waals surface area contributed by atoms with Gasteiger partial charge in [-0.25, -0.2) is 13.6 Å². The van der Waals surface area contributed by atoms with Crippen LogP contribution in [0, 0.1) is 5.92 Å². The molecule has 1 saturated carbocycles. The van der Waals surface area contributed by atoms with E-state index in [-0.39, 0.29) is 39.0 Å². The molecule has 1 fully saturated rings. The number of carboxylic acids is 1. The number of allylic oxidation sites excluding steroid dienone is 2. The standard InChI is InChI=1S/C24H35ClO4.C4H6N4O3S2/c1-2-3-6-10-21(26)17-12-14-18(15-13-17)24-19(20(25)16-22(24)27)9-7-4-5-8-11-23(28)29;1-2(9)6-3-7-8-4(12-3)13(5,10)11/h4,7,12-15,19-22,24,26-27H,2-3,5-6,8-11,16H2,1H3,(H,28,29);1H3,(H2,5,10,11)(H,6,7,9)/b7-4-;/t19-,20+,21+,22+,24+;/m0./s1. The average molecular weight is 645 g/mol. The first kappa shape index (κ1) is 35.8. The minimum absolute atomic E-state index is 0.0209. The molecule has 0 spiro atoms. The first-order valence-electron chi connectivity index (χ1n) is 13.9. The Bertz CT molecular complexity index is 1270. The predicted octanol–water partition coefficient (Wildman–Crippen LogP) is 4.72. The van der Waals surface area contributed by atoms with Crippen molar-refractivity contribution in [1.29, 1.82) is 0 Å². The van der Waals surface area contributed by atoms with Crippen LogP contribution in [0.3, 0.4) is 0 Å². The fourth-order valence-corrected chi connectivity index (χ4v) is 6.61. The van der Waals surface area contributed by atoms with Crippen molar-refractivity contribution in [3.63, 3.8) is 0 Å². The van der Waals surface area contributed by atoms with E-state index in [0.717, 1.165) is 49.7 Å². The Balaban J connectivity index is 0.000000395. The van der Waals surface area contributed by atoms with Crippen LogP contribution in [0.4, 0.5) is 5.13 Å². The van der Waals surface area contributed by atoms with Crippen LogP contribution >= 0.6 is 22.9 Å². The SMILES string of the molecule is CC(=O)Nc1nnc(S(N)(=O)=O)s1.CCCCC[C@@H](O)c1ccc([C@@H]2[C@@H](C/C=C\CCCC(=O)O)[C@H](Cl)C[C@H]2O)cc1. The lowest BCUT2D eigenvalue weighted by Crippen LogP contribution is -2.18. The van der Waals surface area contributed by atoms with Gasteiger partial charge in [0.1, 0.15) is 0 Å². The van der Waals surface area contributed by atoms with E-state index in [9.17, 15) is 28.2 Å². The zero-order valence-electron chi connectivity index (χ0n) is 23.9. The summed E-state index contributed by atoms with van der Waals surface area (Å²) in [6.45, 7) is 3.43. The number of unbranched alkanes of at least 4 members (excludes halogenated alkanes) is 3. The minimum Gasteiger partial charge on any atom is -0.481 e. The average Bonchev–Trinajstić information content (AvgIpc) is 3.49. The molecule has 11 nitrogen and oxygen atoms in total. The van der Waals surface area contributed by atoms with Crippen molar-refractivity contribution >= 4 is 50.0 Å². The highest BCUT2D eigenvalue weighted by atomic mass is 35.5. The van der Waals surface area contributed by atoms with Crippen molar-refractivity contribution in [2.45, 2.75) is 99.5 Å². The van der Waals surface area contributed by atoms with E-state index in [1.165, 1.54) is 6.92 Å². The van der Waals surface area contributed by atoms with E-state index >= 15 is 0 Å². The summed E-state index contributed by atoms with van der Waals surface area (Å²) in [4.78, 5) is 21.1. The van der Waals surface area contributed by atoms with Crippen molar-refractivity contribution in [3.05, 3.63) is 47.5 Å². The van der Waals surface area contributed by atoms with Crippen LogP contribution in [-0.4, -0.2) is 57.3 Å². The van der Waals surface area contributed by atoms with Crippen LogP contribution < -0.4 is 10.5 Å². The Morgan fingerprint density at radius 3 is 2.45 bits per heavy atom. The third kappa shape index (κ3) is 12.1. The predicted molar refractivity (Wildman–Crippen MR) is 163 cm³/mol. The fraction of sp³-hybridized carbons (Fsp3) is 0.571. The molecule has 5 atom stereocenters. The summed E-state index contributed by atoms with van der Waals surface area (Å²) in [5, 5.41) is 43.4. The summed E-state index contributed by atoms with van der Waals surface area (Å²) in [5.41, 5.74) is 1.99. The summed E-state index contributed by atoms with van der Waals surface area (Å²) in [5.74, 6) is -0.996. The van der Waals surface area contributed by atoms with E-state index in [2.05, 4.69) is 28.5 Å². The number of hydrogen-bond acceptors (Lipinski definition) is 9. The van der Waals surface area contributed by atoms with Gasteiger partial charge in [-0.1, -0.05) is 73.9 Å². The van der Waals surface area contributed by atoms with Gasteiger partial charge in [0.25, 0.3) is 10.0 Å². The van der Waals surface area contributed by atoms with Crippen LogP contribution in [0.25, 0.3) is 0 Å². The third-order valence-electron chi connectivity index (χ3n) is 6.86. The second-order valence-electron chi connectivity index (χ2n) is 10.3. The number of carboxylic acid groups (broad SMARTS) is 1. The molecule has 42 heavy (non-hydrogen) atoms. The molecule has 0 radical (unpaired) electrons. The molecule has 1 amide bonds. The van der Waals surface area contributed by atoms with Crippen LogP contribution in [0.15, 0.2) is 40.8 Å². The van der Waals surface area contributed by atoms with Gasteiger partial charge in [-0.3, -0.25) is 9.59 Å². The van der Waals surface area contributed by atoms with Crippen molar-refractivity contribution in [2.24, 2.45) is 11.1 Å². The van der Waals surface area contributed by atoms with Gasteiger partial charge in [-0.2, -0.15) is 0 Å². The number of aliphatic hydroxyl groups is 2.